The Kier molecular flexibility index (Phi) is 3.70. The van der Waals surface area contributed by atoms with Gasteiger partial charge in [-0.05, 0) is 49.6 Å². The van der Waals surface area contributed by atoms with E-state index in [1.165, 1.54) is 4.90 Å². The van der Waals surface area contributed by atoms with Crippen molar-refractivity contribution in [2.45, 2.75) is 37.8 Å². The summed E-state index contributed by atoms with van der Waals surface area (Å²) in [6, 6.07) is 12.8. The van der Waals surface area contributed by atoms with Gasteiger partial charge in [-0.3, -0.25) is 19.6 Å². The number of rotatable bonds is 3. The number of benzene rings is 2. The van der Waals surface area contributed by atoms with Crippen LogP contribution in [-0.4, -0.2) is 39.1 Å². The molecule has 0 spiro atoms. The number of amides is 2. The average Bonchev–Trinajstić information content (AvgIpc) is 3.25. The topological polar surface area (TPSA) is 75.3 Å². The lowest BCUT2D eigenvalue weighted by Gasteiger charge is -2.34. The lowest BCUT2D eigenvalue weighted by molar-refractivity contribution is 0.0452. The summed E-state index contributed by atoms with van der Waals surface area (Å²) in [5, 5.41) is 7.95. The lowest BCUT2D eigenvalue weighted by atomic mass is 9.91. The molecular formula is C21H19N3O3. The van der Waals surface area contributed by atoms with Gasteiger partial charge >= 0.3 is 0 Å². The summed E-state index contributed by atoms with van der Waals surface area (Å²) in [6.07, 6.45) is 5.09. The molecule has 2 atom stereocenters. The van der Waals surface area contributed by atoms with Gasteiger partial charge in [0, 0.05) is 17.8 Å². The number of carbonyl (C=O) groups excluding carboxylic acids is 2. The van der Waals surface area contributed by atoms with Gasteiger partial charge in [-0.2, -0.15) is 5.10 Å². The van der Waals surface area contributed by atoms with Crippen LogP contribution in [0.25, 0.3) is 10.9 Å². The quantitative estimate of drug-likeness (QED) is 0.724. The summed E-state index contributed by atoms with van der Waals surface area (Å²) in [5.41, 5.74) is 1.99. The third kappa shape index (κ3) is 2.68. The highest BCUT2D eigenvalue weighted by Gasteiger charge is 2.41. The number of hydrogen-bond acceptors (Lipinski definition) is 4. The van der Waals surface area contributed by atoms with Gasteiger partial charge < -0.3 is 4.74 Å². The largest absolute Gasteiger partial charge is 0.490 e. The zero-order valence-corrected chi connectivity index (χ0v) is 14.7. The monoisotopic (exact) mass is 361 g/mol. The number of nitrogens with zero attached hydrogens (tertiary/aromatic N) is 2. The van der Waals surface area contributed by atoms with E-state index in [1.54, 1.807) is 30.5 Å². The smallest absolute Gasteiger partial charge is 0.261 e. The number of aromatic amines is 1. The second kappa shape index (κ2) is 6.23. The Morgan fingerprint density at radius 1 is 1.04 bits per heavy atom. The number of hydrogen-bond donors (Lipinski definition) is 1. The summed E-state index contributed by atoms with van der Waals surface area (Å²) >= 11 is 0. The van der Waals surface area contributed by atoms with Crippen molar-refractivity contribution in [2.24, 2.45) is 0 Å². The van der Waals surface area contributed by atoms with Gasteiger partial charge in [0.05, 0.1) is 22.8 Å². The van der Waals surface area contributed by atoms with Gasteiger partial charge in [-0.15, -0.1) is 0 Å². The van der Waals surface area contributed by atoms with E-state index in [2.05, 4.69) is 10.2 Å². The molecule has 0 saturated heterocycles. The normalized spacial score (nSPS) is 22.3. The SMILES string of the molecule is O=C1c2ccccc2C(=O)N1C1CCCC(Oc2ccc3[nH]ncc3c2)C1. The summed E-state index contributed by atoms with van der Waals surface area (Å²) in [6.45, 7) is 0. The molecule has 5 rings (SSSR count). The number of nitrogens with one attached hydrogen (secondary N) is 1. The van der Waals surface area contributed by atoms with Crippen molar-refractivity contribution >= 4 is 22.7 Å². The van der Waals surface area contributed by atoms with Crippen LogP contribution in [0.15, 0.2) is 48.7 Å². The second-order valence-corrected chi connectivity index (χ2v) is 7.21. The van der Waals surface area contributed by atoms with Crippen LogP contribution in [0.4, 0.5) is 0 Å². The van der Waals surface area contributed by atoms with Gasteiger partial charge in [-0.25, -0.2) is 0 Å². The fourth-order valence-electron chi connectivity index (χ4n) is 4.19. The first-order valence-corrected chi connectivity index (χ1v) is 9.27. The molecule has 1 aliphatic heterocycles. The molecule has 2 aromatic carbocycles. The van der Waals surface area contributed by atoms with E-state index >= 15 is 0 Å². The van der Waals surface area contributed by atoms with Crippen LogP contribution in [0, 0.1) is 0 Å². The molecule has 1 N–H and O–H groups in total. The zero-order chi connectivity index (χ0) is 18.4. The molecule has 136 valence electrons. The Morgan fingerprint density at radius 2 is 1.81 bits per heavy atom. The van der Waals surface area contributed by atoms with E-state index in [0.717, 1.165) is 35.9 Å². The van der Waals surface area contributed by atoms with E-state index in [1.807, 2.05) is 18.2 Å². The fraction of sp³-hybridized carbons (Fsp3) is 0.286. The van der Waals surface area contributed by atoms with E-state index in [-0.39, 0.29) is 24.0 Å². The number of imide groups is 1. The van der Waals surface area contributed by atoms with E-state index < -0.39 is 0 Å². The molecule has 0 radical (unpaired) electrons. The van der Waals surface area contributed by atoms with Crippen LogP contribution < -0.4 is 4.74 Å². The van der Waals surface area contributed by atoms with Crippen LogP contribution in [0.5, 0.6) is 5.75 Å². The van der Waals surface area contributed by atoms with Crippen LogP contribution in [0.2, 0.25) is 0 Å². The third-order valence-corrected chi connectivity index (χ3v) is 5.50. The molecular weight excluding hydrogens is 342 g/mol. The predicted octanol–water partition coefficient (Wildman–Crippen LogP) is 3.55. The Balaban J connectivity index is 1.34. The molecule has 1 saturated carbocycles. The first kappa shape index (κ1) is 16.1. The minimum atomic E-state index is -0.180. The van der Waals surface area contributed by atoms with Gasteiger partial charge in [-0.1, -0.05) is 12.1 Å². The highest BCUT2D eigenvalue weighted by molar-refractivity contribution is 6.21. The minimum absolute atomic E-state index is 0.0163. The molecule has 6 nitrogen and oxygen atoms in total. The molecule has 6 heteroatoms. The third-order valence-electron chi connectivity index (χ3n) is 5.50. The molecule has 3 aromatic rings. The van der Waals surface area contributed by atoms with Crippen LogP contribution in [0.1, 0.15) is 46.4 Å². The summed E-state index contributed by atoms with van der Waals surface area (Å²) < 4.78 is 6.18. The minimum Gasteiger partial charge on any atom is -0.490 e. The molecule has 0 bridgehead atoms. The van der Waals surface area contributed by atoms with Gasteiger partial charge in [0.1, 0.15) is 11.9 Å². The highest BCUT2D eigenvalue weighted by Crippen LogP contribution is 2.33. The molecule has 1 aliphatic carbocycles. The molecule has 2 aliphatic rings. The Bertz CT molecular complexity index is 1010. The second-order valence-electron chi connectivity index (χ2n) is 7.21. The number of ether oxygens (including phenoxy) is 1. The van der Waals surface area contributed by atoms with Crippen LogP contribution >= 0.6 is 0 Å². The molecule has 27 heavy (non-hydrogen) atoms. The Labute approximate surface area is 156 Å². The van der Waals surface area contributed by atoms with Crippen LogP contribution in [-0.2, 0) is 0 Å². The summed E-state index contributed by atoms with van der Waals surface area (Å²) in [4.78, 5) is 26.9. The molecule has 2 amide bonds. The van der Waals surface area contributed by atoms with Gasteiger partial charge in [0.15, 0.2) is 0 Å². The Hall–Kier alpha value is -3.15. The van der Waals surface area contributed by atoms with E-state index in [0.29, 0.717) is 17.5 Å². The van der Waals surface area contributed by atoms with Crippen molar-refractivity contribution in [2.75, 3.05) is 0 Å². The maximum atomic E-state index is 12.7. The lowest BCUT2D eigenvalue weighted by Crippen LogP contribution is -2.44. The van der Waals surface area contributed by atoms with Crippen molar-refractivity contribution < 1.29 is 14.3 Å². The molecule has 1 fully saturated rings. The maximum absolute atomic E-state index is 12.7. The predicted molar refractivity (Wildman–Crippen MR) is 99.7 cm³/mol. The number of aromatic nitrogens is 2. The zero-order valence-electron chi connectivity index (χ0n) is 14.7. The summed E-state index contributed by atoms with van der Waals surface area (Å²) in [5.74, 6) is 0.430. The maximum Gasteiger partial charge on any atom is 0.261 e. The van der Waals surface area contributed by atoms with Crippen molar-refractivity contribution in [3.05, 3.63) is 59.8 Å². The number of fused-ring (bicyclic) bond motifs is 2. The van der Waals surface area contributed by atoms with Gasteiger partial charge in [0.2, 0.25) is 0 Å². The highest BCUT2D eigenvalue weighted by atomic mass is 16.5. The Morgan fingerprint density at radius 3 is 2.59 bits per heavy atom. The first-order valence-electron chi connectivity index (χ1n) is 9.27. The molecule has 2 unspecified atom stereocenters. The number of H-pyrrole nitrogens is 1. The standard InChI is InChI=1S/C21H19N3O3/c25-20-17-6-1-2-7-18(17)21(26)24(20)14-4-3-5-15(11-14)27-16-8-9-19-13(10-16)12-22-23-19/h1-2,6-10,12,14-15H,3-5,11H2,(H,22,23). The number of carbonyl (C=O) groups is 2. The van der Waals surface area contributed by atoms with Crippen molar-refractivity contribution in [1.29, 1.82) is 0 Å². The van der Waals surface area contributed by atoms with Crippen molar-refractivity contribution in [3.63, 3.8) is 0 Å². The summed E-state index contributed by atoms with van der Waals surface area (Å²) in [7, 11) is 0. The molecule has 2 heterocycles. The van der Waals surface area contributed by atoms with E-state index in [4.69, 9.17) is 4.74 Å². The van der Waals surface area contributed by atoms with Crippen molar-refractivity contribution in [1.82, 2.24) is 15.1 Å². The fourth-order valence-corrected chi connectivity index (χ4v) is 4.19. The molecule has 1 aromatic heterocycles. The van der Waals surface area contributed by atoms with E-state index in [9.17, 15) is 9.59 Å². The van der Waals surface area contributed by atoms with Gasteiger partial charge in [0.25, 0.3) is 11.8 Å². The average molecular weight is 361 g/mol. The van der Waals surface area contributed by atoms with Crippen LogP contribution in [0.3, 0.4) is 0 Å². The first-order chi connectivity index (χ1) is 13.2. The van der Waals surface area contributed by atoms with Crippen molar-refractivity contribution in [3.8, 4) is 5.75 Å².